The van der Waals surface area contributed by atoms with E-state index in [-0.39, 0.29) is 17.8 Å². The minimum Gasteiger partial charge on any atom is -0.368 e. The van der Waals surface area contributed by atoms with Gasteiger partial charge in [-0.05, 0) is 25.0 Å². The number of nitrogens with one attached hydrogen (secondary N) is 1. The molecule has 1 aromatic carbocycles. The third kappa shape index (κ3) is 3.30. The van der Waals surface area contributed by atoms with Crippen molar-refractivity contribution in [2.45, 2.75) is 25.4 Å². The Morgan fingerprint density at radius 3 is 3.05 bits per heavy atom. The molecule has 116 valence electrons. The summed E-state index contributed by atoms with van der Waals surface area (Å²) >= 11 is 0. The van der Waals surface area contributed by atoms with E-state index < -0.39 is 5.82 Å². The maximum Gasteiger partial charge on any atom is 0.249 e. The Bertz CT molecular complexity index is 653. The first-order valence-electron chi connectivity index (χ1n) is 7.21. The standard InChI is InChI=1S/C15H16FN3O3/c16-11-5-2-1-4-10(11)14-18-13(22-19-14)7-8-17-15(20)12-6-3-9-21-12/h1-2,4-5,12H,3,6-9H2,(H,17,20). The van der Waals surface area contributed by atoms with Crippen LogP contribution in [-0.2, 0) is 16.0 Å². The molecular weight excluding hydrogens is 289 g/mol. The Balaban J connectivity index is 1.54. The monoisotopic (exact) mass is 305 g/mol. The highest BCUT2D eigenvalue weighted by Crippen LogP contribution is 2.19. The van der Waals surface area contributed by atoms with Gasteiger partial charge in [-0.25, -0.2) is 4.39 Å². The quantitative estimate of drug-likeness (QED) is 0.910. The number of nitrogens with zero attached hydrogens (tertiary/aromatic N) is 2. The third-order valence-corrected chi connectivity index (χ3v) is 3.44. The van der Waals surface area contributed by atoms with E-state index in [1.165, 1.54) is 6.07 Å². The number of hydrogen-bond donors (Lipinski definition) is 1. The predicted molar refractivity (Wildman–Crippen MR) is 75.4 cm³/mol. The summed E-state index contributed by atoms with van der Waals surface area (Å²) in [6.07, 6.45) is 1.70. The molecule has 3 rings (SSSR count). The molecule has 1 saturated heterocycles. The SMILES string of the molecule is O=C(NCCc1nc(-c2ccccc2F)no1)C1CCCO1. The van der Waals surface area contributed by atoms with Crippen LogP contribution in [0, 0.1) is 5.82 Å². The van der Waals surface area contributed by atoms with Gasteiger partial charge in [-0.15, -0.1) is 0 Å². The number of aromatic nitrogens is 2. The lowest BCUT2D eigenvalue weighted by Crippen LogP contribution is -2.35. The maximum atomic E-state index is 13.6. The zero-order valence-electron chi connectivity index (χ0n) is 11.9. The van der Waals surface area contributed by atoms with Gasteiger partial charge in [0.25, 0.3) is 0 Å². The molecule has 1 aliphatic rings. The summed E-state index contributed by atoms with van der Waals surface area (Å²) < 4.78 is 24.0. The summed E-state index contributed by atoms with van der Waals surface area (Å²) in [6.45, 7) is 1.01. The van der Waals surface area contributed by atoms with Crippen LogP contribution in [0.2, 0.25) is 0 Å². The highest BCUT2D eigenvalue weighted by molar-refractivity contribution is 5.80. The first kappa shape index (κ1) is 14.6. The van der Waals surface area contributed by atoms with Crippen LogP contribution in [0.1, 0.15) is 18.7 Å². The molecule has 1 fully saturated rings. The lowest BCUT2D eigenvalue weighted by molar-refractivity contribution is -0.130. The number of carbonyl (C=O) groups excluding carboxylic acids is 1. The average molecular weight is 305 g/mol. The molecule has 2 heterocycles. The highest BCUT2D eigenvalue weighted by atomic mass is 19.1. The Hall–Kier alpha value is -2.28. The van der Waals surface area contributed by atoms with Gasteiger partial charge in [0.2, 0.25) is 17.6 Å². The van der Waals surface area contributed by atoms with Crippen LogP contribution in [0.5, 0.6) is 0 Å². The number of ether oxygens (including phenoxy) is 1. The van der Waals surface area contributed by atoms with E-state index in [0.29, 0.717) is 31.0 Å². The molecule has 1 N–H and O–H groups in total. The van der Waals surface area contributed by atoms with E-state index in [1.54, 1.807) is 18.2 Å². The van der Waals surface area contributed by atoms with Crippen molar-refractivity contribution in [2.24, 2.45) is 0 Å². The van der Waals surface area contributed by atoms with Crippen molar-refractivity contribution < 1.29 is 18.4 Å². The van der Waals surface area contributed by atoms with Crippen LogP contribution in [0.15, 0.2) is 28.8 Å². The van der Waals surface area contributed by atoms with Gasteiger partial charge in [0, 0.05) is 19.6 Å². The zero-order valence-corrected chi connectivity index (χ0v) is 11.9. The number of halogens is 1. The molecule has 2 aromatic rings. The summed E-state index contributed by atoms with van der Waals surface area (Å²) in [6, 6.07) is 6.23. The molecule has 0 radical (unpaired) electrons. The van der Waals surface area contributed by atoms with E-state index >= 15 is 0 Å². The van der Waals surface area contributed by atoms with Crippen LogP contribution < -0.4 is 5.32 Å². The minimum atomic E-state index is -0.401. The van der Waals surface area contributed by atoms with Gasteiger partial charge in [-0.3, -0.25) is 4.79 Å². The summed E-state index contributed by atoms with van der Waals surface area (Å²) in [5.41, 5.74) is 0.292. The van der Waals surface area contributed by atoms with Crippen molar-refractivity contribution in [2.75, 3.05) is 13.2 Å². The second-order valence-corrected chi connectivity index (χ2v) is 5.03. The Kier molecular flexibility index (Phi) is 4.43. The van der Waals surface area contributed by atoms with Crippen molar-refractivity contribution in [1.82, 2.24) is 15.5 Å². The molecule has 0 spiro atoms. The van der Waals surface area contributed by atoms with Crippen LogP contribution in [0.4, 0.5) is 4.39 Å². The average Bonchev–Trinajstić information content (AvgIpc) is 3.19. The molecule has 1 aromatic heterocycles. The summed E-state index contributed by atoms with van der Waals surface area (Å²) in [5.74, 6) is 0.0392. The fourth-order valence-corrected chi connectivity index (χ4v) is 2.30. The van der Waals surface area contributed by atoms with Gasteiger partial charge in [0.05, 0.1) is 5.56 Å². The number of hydrogen-bond acceptors (Lipinski definition) is 5. The Labute approximate surface area is 126 Å². The van der Waals surface area contributed by atoms with Gasteiger partial charge in [-0.2, -0.15) is 4.98 Å². The molecule has 7 heteroatoms. The molecule has 0 aliphatic carbocycles. The summed E-state index contributed by atoms with van der Waals surface area (Å²) in [7, 11) is 0. The third-order valence-electron chi connectivity index (χ3n) is 3.44. The fraction of sp³-hybridized carbons (Fsp3) is 0.400. The van der Waals surface area contributed by atoms with Crippen molar-refractivity contribution >= 4 is 5.91 Å². The van der Waals surface area contributed by atoms with E-state index in [1.807, 2.05) is 0 Å². The molecule has 1 aliphatic heterocycles. The molecular formula is C15H16FN3O3. The molecule has 0 saturated carbocycles. The normalized spacial score (nSPS) is 17.6. The van der Waals surface area contributed by atoms with Gasteiger partial charge in [-0.1, -0.05) is 17.3 Å². The smallest absolute Gasteiger partial charge is 0.249 e. The molecule has 1 amide bonds. The van der Waals surface area contributed by atoms with Crippen LogP contribution >= 0.6 is 0 Å². The lowest BCUT2D eigenvalue weighted by atomic mass is 10.2. The second kappa shape index (κ2) is 6.65. The van der Waals surface area contributed by atoms with Crippen molar-refractivity contribution in [3.63, 3.8) is 0 Å². The first-order chi connectivity index (χ1) is 10.7. The second-order valence-electron chi connectivity index (χ2n) is 5.03. The van der Waals surface area contributed by atoms with E-state index in [9.17, 15) is 9.18 Å². The van der Waals surface area contributed by atoms with E-state index in [0.717, 1.165) is 12.8 Å². The predicted octanol–water partition coefficient (Wildman–Crippen LogP) is 1.71. The van der Waals surface area contributed by atoms with Crippen molar-refractivity contribution in [3.8, 4) is 11.4 Å². The molecule has 0 bridgehead atoms. The Morgan fingerprint density at radius 1 is 1.41 bits per heavy atom. The van der Waals surface area contributed by atoms with Crippen molar-refractivity contribution in [1.29, 1.82) is 0 Å². The lowest BCUT2D eigenvalue weighted by Gasteiger charge is -2.08. The minimum absolute atomic E-state index is 0.119. The largest absolute Gasteiger partial charge is 0.368 e. The van der Waals surface area contributed by atoms with Gasteiger partial charge < -0.3 is 14.6 Å². The first-order valence-corrected chi connectivity index (χ1v) is 7.21. The Morgan fingerprint density at radius 2 is 2.27 bits per heavy atom. The highest BCUT2D eigenvalue weighted by Gasteiger charge is 2.23. The van der Waals surface area contributed by atoms with Crippen molar-refractivity contribution in [3.05, 3.63) is 36.0 Å². The number of rotatable bonds is 5. The van der Waals surface area contributed by atoms with Gasteiger partial charge in [0.1, 0.15) is 11.9 Å². The molecule has 6 nitrogen and oxygen atoms in total. The van der Waals surface area contributed by atoms with Crippen LogP contribution in [-0.4, -0.2) is 35.3 Å². The molecule has 1 atom stereocenters. The van der Waals surface area contributed by atoms with E-state index in [2.05, 4.69) is 15.5 Å². The van der Waals surface area contributed by atoms with Crippen LogP contribution in [0.3, 0.4) is 0 Å². The summed E-state index contributed by atoms with van der Waals surface area (Å²) in [5, 5.41) is 6.53. The zero-order chi connectivity index (χ0) is 15.4. The van der Waals surface area contributed by atoms with Crippen LogP contribution in [0.25, 0.3) is 11.4 Å². The topological polar surface area (TPSA) is 77.3 Å². The number of benzene rings is 1. The number of amides is 1. The fourth-order valence-electron chi connectivity index (χ4n) is 2.30. The molecule has 22 heavy (non-hydrogen) atoms. The van der Waals surface area contributed by atoms with Gasteiger partial charge >= 0.3 is 0 Å². The summed E-state index contributed by atoms with van der Waals surface area (Å²) in [4.78, 5) is 15.9. The maximum absolute atomic E-state index is 13.6. The van der Waals surface area contributed by atoms with Gasteiger partial charge in [0.15, 0.2) is 0 Å². The van der Waals surface area contributed by atoms with E-state index in [4.69, 9.17) is 9.26 Å². The molecule has 1 unspecified atom stereocenters. The number of carbonyl (C=O) groups is 1.